The first-order valence-electron chi connectivity index (χ1n) is 11.8. The quantitative estimate of drug-likeness (QED) is 0.321. The summed E-state index contributed by atoms with van der Waals surface area (Å²) in [5.41, 5.74) is -0.999. The van der Waals surface area contributed by atoms with E-state index in [1.54, 1.807) is 13.8 Å². The highest BCUT2D eigenvalue weighted by atomic mass is 32.2. The summed E-state index contributed by atoms with van der Waals surface area (Å²) in [5, 5.41) is 9.67. The molecule has 7 nitrogen and oxygen atoms in total. The van der Waals surface area contributed by atoms with Crippen molar-refractivity contribution >= 4 is 23.9 Å². The van der Waals surface area contributed by atoms with Gasteiger partial charge in [-0.05, 0) is 66.7 Å². The first kappa shape index (κ1) is 31.8. The van der Waals surface area contributed by atoms with Gasteiger partial charge in [0.25, 0.3) is 0 Å². The molecule has 1 atom stereocenters. The molecule has 0 aliphatic heterocycles. The van der Waals surface area contributed by atoms with E-state index in [1.807, 2.05) is 33.9 Å². The van der Waals surface area contributed by atoms with E-state index in [4.69, 9.17) is 9.16 Å². The minimum atomic E-state index is -4.81. The number of benzene rings is 2. The van der Waals surface area contributed by atoms with Crippen molar-refractivity contribution in [1.29, 1.82) is 0 Å². The van der Waals surface area contributed by atoms with Crippen molar-refractivity contribution in [2.45, 2.75) is 70.1 Å². The highest BCUT2D eigenvalue weighted by molar-refractivity contribution is 7.92. The SMILES string of the molecule is CC(C)(CO)[C@@H](O[Si](C)(C)C(C)(C)C)C(=O)CS(=O)(=O)c1ccc(Oc2ccc(OC(F)(F)F)cc2)cc1. The Kier molecular flexibility index (Phi) is 9.51. The van der Waals surface area contributed by atoms with Crippen LogP contribution in [0.5, 0.6) is 17.2 Å². The number of ketones is 1. The third kappa shape index (κ3) is 8.55. The van der Waals surface area contributed by atoms with Gasteiger partial charge in [0.2, 0.25) is 0 Å². The van der Waals surface area contributed by atoms with Gasteiger partial charge >= 0.3 is 6.36 Å². The van der Waals surface area contributed by atoms with Crippen LogP contribution in [0, 0.1) is 5.41 Å². The van der Waals surface area contributed by atoms with Crippen molar-refractivity contribution < 1.29 is 45.4 Å². The molecule has 12 heteroatoms. The molecular weight excluding hydrogens is 541 g/mol. The summed E-state index contributed by atoms with van der Waals surface area (Å²) in [5.74, 6) is -1.41. The predicted octanol–water partition coefficient (Wildman–Crippen LogP) is 6.13. The summed E-state index contributed by atoms with van der Waals surface area (Å²) in [6, 6.07) is 10.0. The van der Waals surface area contributed by atoms with E-state index in [1.165, 1.54) is 36.4 Å². The van der Waals surface area contributed by atoms with Gasteiger partial charge in [-0.25, -0.2) is 8.42 Å². The zero-order chi connectivity index (χ0) is 29.2. The zero-order valence-corrected chi connectivity index (χ0v) is 24.4. The summed E-state index contributed by atoms with van der Waals surface area (Å²) in [6.07, 6.45) is -5.93. The second kappa shape index (κ2) is 11.4. The molecule has 0 unspecified atom stereocenters. The van der Waals surface area contributed by atoms with E-state index < -0.39 is 53.3 Å². The summed E-state index contributed by atoms with van der Waals surface area (Å²) in [4.78, 5) is 13.2. The van der Waals surface area contributed by atoms with Crippen LogP contribution in [0.4, 0.5) is 13.2 Å². The molecule has 0 saturated carbocycles. The van der Waals surface area contributed by atoms with Crippen molar-refractivity contribution in [3.63, 3.8) is 0 Å². The predicted molar refractivity (Wildman–Crippen MR) is 140 cm³/mol. The Morgan fingerprint density at radius 1 is 0.895 bits per heavy atom. The number of ether oxygens (including phenoxy) is 2. The van der Waals surface area contributed by atoms with Gasteiger partial charge in [-0.1, -0.05) is 34.6 Å². The summed E-state index contributed by atoms with van der Waals surface area (Å²) in [7, 11) is -6.53. The average molecular weight is 577 g/mol. The van der Waals surface area contributed by atoms with E-state index in [-0.39, 0.29) is 28.0 Å². The molecule has 0 saturated heterocycles. The number of rotatable bonds is 11. The van der Waals surface area contributed by atoms with Gasteiger partial charge in [0, 0.05) is 5.41 Å². The second-order valence-corrected chi connectivity index (χ2v) is 18.0. The molecule has 0 fully saturated rings. The number of hydrogen-bond acceptors (Lipinski definition) is 7. The number of Topliss-reactive ketones (excluding diaryl/α,β-unsaturated/α-hetero) is 1. The molecule has 0 aliphatic carbocycles. The minimum absolute atomic E-state index is 0.111. The van der Waals surface area contributed by atoms with Gasteiger partial charge in [-0.15, -0.1) is 13.2 Å². The van der Waals surface area contributed by atoms with Crippen LogP contribution in [0.25, 0.3) is 0 Å². The molecule has 0 spiro atoms. The summed E-state index contributed by atoms with van der Waals surface area (Å²) >= 11 is 0. The van der Waals surface area contributed by atoms with Crippen molar-refractivity contribution in [2.24, 2.45) is 5.41 Å². The lowest BCUT2D eigenvalue weighted by Crippen LogP contribution is -2.53. The van der Waals surface area contributed by atoms with Crippen LogP contribution in [0.2, 0.25) is 18.1 Å². The Balaban J connectivity index is 2.18. The maximum atomic E-state index is 13.3. The largest absolute Gasteiger partial charge is 0.573 e. The molecule has 0 heterocycles. The van der Waals surface area contributed by atoms with Gasteiger partial charge in [-0.3, -0.25) is 4.79 Å². The molecule has 0 radical (unpaired) electrons. The molecule has 0 aromatic heterocycles. The average Bonchev–Trinajstić information content (AvgIpc) is 2.77. The maximum absolute atomic E-state index is 13.3. The molecule has 1 N–H and O–H groups in total. The lowest BCUT2D eigenvalue weighted by atomic mass is 9.85. The van der Waals surface area contributed by atoms with Gasteiger partial charge < -0.3 is 19.0 Å². The number of carbonyl (C=O) groups excluding carboxylic acids is 1. The van der Waals surface area contributed by atoms with E-state index in [0.717, 1.165) is 12.1 Å². The number of sulfone groups is 1. The van der Waals surface area contributed by atoms with E-state index in [9.17, 15) is 31.5 Å². The number of carbonyl (C=O) groups is 1. The smallest absolute Gasteiger partial charge is 0.457 e. The molecule has 0 aliphatic rings. The van der Waals surface area contributed by atoms with Crippen LogP contribution in [0.1, 0.15) is 34.6 Å². The molecule has 2 aromatic carbocycles. The van der Waals surface area contributed by atoms with Gasteiger partial charge in [0.05, 0.1) is 11.5 Å². The van der Waals surface area contributed by atoms with Crippen molar-refractivity contribution in [3.05, 3.63) is 48.5 Å². The second-order valence-electron chi connectivity index (χ2n) is 11.2. The Hall–Kier alpha value is -2.41. The molecule has 38 heavy (non-hydrogen) atoms. The maximum Gasteiger partial charge on any atom is 0.573 e. The van der Waals surface area contributed by atoms with Gasteiger partial charge in [0.15, 0.2) is 23.9 Å². The van der Waals surface area contributed by atoms with Crippen LogP contribution in [0.15, 0.2) is 53.4 Å². The third-order valence-corrected chi connectivity index (χ3v) is 12.5. The normalized spacial score (nSPS) is 14.2. The van der Waals surface area contributed by atoms with E-state index >= 15 is 0 Å². The monoisotopic (exact) mass is 576 g/mol. The zero-order valence-electron chi connectivity index (χ0n) is 22.5. The Labute approximate surface area is 223 Å². The Bertz CT molecular complexity index is 1200. The van der Waals surface area contributed by atoms with Crippen molar-refractivity contribution in [3.8, 4) is 17.2 Å². The Morgan fingerprint density at radius 3 is 1.76 bits per heavy atom. The fourth-order valence-corrected chi connectivity index (χ4v) is 5.76. The van der Waals surface area contributed by atoms with Crippen LogP contribution in [0.3, 0.4) is 0 Å². The van der Waals surface area contributed by atoms with Gasteiger partial charge in [-0.2, -0.15) is 0 Å². The van der Waals surface area contributed by atoms with Crippen LogP contribution in [-0.2, 0) is 19.1 Å². The van der Waals surface area contributed by atoms with Crippen LogP contribution < -0.4 is 9.47 Å². The number of aliphatic hydroxyl groups is 1. The highest BCUT2D eigenvalue weighted by Crippen LogP contribution is 2.40. The standard InChI is InChI=1S/C26H35F3O7SSi/c1-24(2,3)38(6,7)36-23(25(4,5)17-30)22(31)16-37(32,33)21-14-12-19(13-15-21)34-18-8-10-20(11-9-18)35-26(27,28)29/h8-15,23,30H,16-17H2,1-7H3/t23-/m0/s1. The third-order valence-electron chi connectivity index (χ3n) is 6.44. The molecule has 2 aromatic rings. The topological polar surface area (TPSA) is 99.1 Å². The van der Waals surface area contributed by atoms with Gasteiger partial charge in [0.1, 0.15) is 29.1 Å². The lowest BCUT2D eigenvalue weighted by molar-refractivity contribution is -0.274. The first-order chi connectivity index (χ1) is 17.2. The number of alkyl halides is 3. The summed E-state index contributed by atoms with van der Waals surface area (Å²) in [6.45, 7) is 12.8. The number of aliphatic hydroxyl groups excluding tert-OH is 1. The molecule has 2 rings (SSSR count). The van der Waals surface area contributed by atoms with Crippen LogP contribution >= 0.6 is 0 Å². The van der Waals surface area contributed by atoms with E-state index in [0.29, 0.717) is 0 Å². The first-order valence-corrected chi connectivity index (χ1v) is 16.4. The highest BCUT2D eigenvalue weighted by Gasteiger charge is 2.46. The number of hydrogen-bond donors (Lipinski definition) is 1. The van der Waals surface area contributed by atoms with Crippen molar-refractivity contribution in [2.75, 3.05) is 12.4 Å². The minimum Gasteiger partial charge on any atom is -0.457 e. The fraction of sp³-hybridized carbons (Fsp3) is 0.500. The molecular formula is C26H35F3O7SSi. The van der Waals surface area contributed by atoms with E-state index in [2.05, 4.69) is 4.74 Å². The summed E-state index contributed by atoms with van der Waals surface area (Å²) < 4.78 is 78.7. The molecule has 0 bridgehead atoms. The Morgan fingerprint density at radius 2 is 1.34 bits per heavy atom. The van der Waals surface area contributed by atoms with Crippen LogP contribution in [-0.4, -0.2) is 52.5 Å². The fourth-order valence-electron chi connectivity index (χ4n) is 3.12. The van der Waals surface area contributed by atoms with Crippen molar-refractivity contribution in [1.82, 2.24) is 0 Å². The number of halogens is 3. The molecule has 0 amide bonds. The lowest BCUT2D eigenvalue weighted by Gasteiger charge is -2.43. The molecule has 212 valence electrons.